The fraction of sp³-hybridized carbons (Fsp3) is 0.222. The molecule has 0 atom stereocenters. The molecule has 1 fully saturated rings. The molecule has 0 bridgehead atoms. The van der Waals surface area contributed by atoms with Gasteiger partial charge in [-0.25, -0.2) is 8.42 Å². The van der Waals surface area contributed by atoms with Crippen LogP contribution in [0.15, 0.2) is 62.5 Å². The molecule has 0 amide bonds. The van der Waals surface area contributed by atoms with Crippen molar-refractivity contribution >= 4 is 48.3 Å². The third-order valence-electron chi connectivity index (χ3n) is 4.37. The Morgan fingerprint density at radius 1 is 1.08 bits per heavy atom. The molecule has 4 rings (SSSR count). The van der Waals surface area contributed by atoms with Gasteiger partial charge in [0.05, 0.1) is 22.5 Å². The van der Waals surface area contributed by atoms with Crippen LogP contribution in [0.25, 0.3) is 11.0 Å². The van der Waals surface area contributed by atoms with E-state index in [1.165, 1.54) is 0 Å². The van der Waals surface area contributed by atoms with Gasteiger partial charge in [0, 0.05) is 36.0 Å². The van der Waals surface area contributed by atoms with E-state index in [1.807, 2.05) is 12.1 Å². The van der Waals surface area contributed by atoms with Gasteiger partial charge in [-0.3, -0.25) is 4.72 Å². The van der Waals surface area contributed by atoms with Crippen molar-refractivity contribution < 1.29 is 12.8 Å². The quantitative estimate of drug-likeness (QED) is 0.656. The summed E-state index contributed by atoms with van der Waals surface area (Å²) in [7, 11) is -3.66. The largest absolute Gasteiger partial charge is 0.462 e. The average Bonchev–Trinajstić information content (AvgIpc) is 3.10. The zero-order valence-electron chi connectivity index (χ0n) is 13.9. The van der Waals surface area contributed by atoms with E-state index >= 15 is 0 Å². The molecule has 1 aliphatic heterocycles. The second-order valence-corrected chi connectivity index (χ2v) is 8.73. The van der Waals surface area contributed by atoms with Gasteiger partial charge in [-0.15, -0.1) is 0 Å². The highest BCUT2D eigenvalue weighted by molar-refractivity contribution is 9.10. The summed E-state index contributed by atoms with van der Waals surface area (Å²) < 4.78 is 34.6. The molecule has 0 spiro atoms. The van der Waals surface area contributed by atoms with E-state index in [-0.39, 0.29) is 4.90 Å². The topological polar surface area (TPSA) is 74.6 Å². The average molecular weight is 436 g/mol. The lowest BCUT2D eigenvalue weighted by Gasteiger charge is -2.29. The highest BCUT2D eigenvalue weighted by Crippen LogP contribution is 2.33. The van der Waals surface area contributed by atoms with Gasteiger partial charge in [0.2, 0.25) is 0 Å². The predicted octanol–water partition coefficient (Wildman–Crippen LogP) is 3.41. The van der Waals surface area contributed by atoms with Crippen molar-refractivity contribution in [2.45, 2.75) is 4.90 Å². The van der Waals surface area contributed by atoms with E-state index in [0.717, 1.165) is 47.3 Å². The third-order valence-corrected chi connectivity index (χ3v) is 6.29. The van der Waals surface area contributed by atoms with Crippen LogP contribution >= 0.6 is 15.9 Å². The molecule has 0 unspecified atom stereocenters. The minimum Gasteiger partial charge on any atom is -0.462 e. The smallest absolute Gasteiger partial charge is 0.261 e. The molecule has 1 aliphatic rings. The molecular formula is C18H18BrN3O3S. The normalized spacial score (nSPS) is 15.3. The van der Waals surface area contributed by atoms with Gasteiger partial charge in [-0.1, -0.05) is 15.9 Å². The summed E-state index contributed by atoms with van der Waals surface area (Å²) in [5.74, 6) is 0. The van der Waals surface area contributed by atoms with Crippen LogP contribution in [0.3, 0.4) is 0 Å². The molecule has 0 radical (unpaired) electrons. The summed E-state index contributed by atoms with van der Waals surface area (Å²) >= 11 is 3.32. The van der Waals surface area contributed by atoms with Gasteiger partial charge < -0.3 is 14.6 Å². The summed E-state index contributed by atoms with van der Waals surface area (Å²) in [5.41, 5.74) is 2.20. The molecule has 2 heterocycles. The molecule has 1 aromatic heterocycles. The van der Waals surface area contributed by atoms with Gasteiger partial charge in [0.15, 0.2) is 5.58 Å². The number of piperazine rings is 1. The molecular weight excluding hydrogens is 418 g/mol. The van der Waals surface area contributed by atoms with Crippen molar-refractivity contribution in [3.8, 4) is 0 Å². The molecule has 6 nitrogen and oxygen atoms in total. The standard InChI is InChI=1S/C18H18BrN3O3S/c19-14-1-3-16(4-2-14)26(23,24)21-15-11-13-5-10-25-18(13)17(12-15)22-8-6-20-7-9-22/h1-5,10-12,20-21H,6-9H2. The van der Waals surface area contributed by atoms with Gasteiger partial charge in [0.1, 0.15) is 0 Å². The predicted molar refractivity (Wildman–Crippen MR) is 106 cm³/mol. The van der Waals surface area contributed by atoms with E-state index in [9.17, 15) is 8.42 Å². The summed E-state index contributed by atoms with van der Waals surface area (Å²) in [6, 6.07) is 12.0. The Morgan fingerprint density at radius 2 is 1.81 bits per heavy atom. The summed E-state index contributed by atoms with van der Waals surface area (Å²) in [4.78, 5) is 2.43. The van der Waals surface area contributed by atoms with Crippen molar-refractivity contribution in [3.63, 3.8) is 0 Å². The zero-order chi connectivity index (χ0) is 18.1. The first kappa shape index (κ1) is 17.4. The second-order valence-electron chi connectivity index (χ2n) is 6.13. The fourth-order valence-corrected chi connectivity index (χ4v) is 4.40. The Balaban J connectivity index is 1.71. The van der Waals surface area contributed by atoms with E-state index in [0.29, 0.717) is 5.69 Å². The van der Waals surface area contributed by atoms with Gasteiger partial charge in [0.25, 0.3) is 10.0 Å². The Bertz CT molecular complexity index is 1030. The van der Waals surface area contributed by atoms with E-state index in [2.05, 4.69) is 30.9 Å². The number of hydrogen-bond acceptors (Lipinski definition) is 5. The Morgan fingerprint density at radius 3 is 2.54 bits per heavy atom. The van der Waals surface area contributed by atoms with Crippen LogP contribution in [0.4, 0.5) is 11.4 Å². The van der Waals surface area contributed by atoms with Crippen LogP contribution in [-0.4, -0.2) is 34.6 Å². The molecule has 2 N–H and O–H groups in total. The van der Waals surface area contributed by atoms with Crippen LogP contribution in [0, 0.1) is 0 Å². The number of furan rings is 1. The molecule has 3 aromatic rings. The molecule has 0 saturated carbocycles. The number of nitrogens with one attached hydrogen (secondary N) is 2. The minimum atomic E-state index is -3.66. The van der Waals surface area contributed by atoms with E-state index < -0.39 is 10.0 Å². The Kier molecular flexibility index (Phi) is 4.64. The lowest BCUT2D eigenvalue weighted by atomic mass is 10.2. The Hall–Kier alpha value is -2.03. The van der Waals surface area contributed by atoms with Crippen molar-refractivity contribution in [1.82, 2.24) is 5.32 Å². The first-order valence-corrected chi connectivity index (χ1v) is 10.6. The Labute approximate surface area is 160 Å². The number of hydrogen-bond donors (Lipinski definition) is 2. The van der Waals surface area contributed by atoms with E-state index in [4.69, 9.17) is 4.42 Å². The summed E-state index contributed by atoms with van der Waals surface area (Å²) in [5, 5.41) is 4.19. The first-order chi connectivity index (χ1) is 12.5. The van der Waals surface area contributed by atoms with Crippen molar-refractivity contribution in [2.75, 3.05) is 35.8 Å². The molecule has 136 valence electrons. The van der Waals surface area contributed by atoms with Crippen molar-refractivity contribution in [1.29, 1.82) is 0 Å². The molecule has 26 heavy (non-hydrogen) atoms. The van der Waals surface area contributed by atoms with E-state index in [1.54, 1.807) is 36.6 Å². The van der Waals surface area contributed by atoms with Crippen LogP contribution in [-0.2, 0) is 10.0 Å². The van der Waals surface area contributed by atoms with Crippen LogP contribution < -0.4 is 14.9 Å². The van der Waals surface area contributed by atoms with Gasteiger partial charge in [-0.05, 0) is 42.5 Å². The second kappa shape index (κ2) is 6.94. The number of rotatable bonds is 4. The van der Waals surface area contributed by atoms with Crippen LogP contribution in [0.1, 0.15) is 0 Å². The molecule has 0 aliphatic carbocycles. The number of halogens is 1. The lowest BCUT2D eigenvalue weighted by Crippen LogP contribution is -2.43. The third kappa shape index (κ3) is 3.44. The first-order valence-electron chi connectivity index (χ1n) is 8.28. The maximum absolute atomic E-state index is 12.7. The maximum atomic E-state index is 12.7. The molecule has 8 heteroatoms. The molecule has 2 aromatic carbocycles. The highest BCUT2D eigenvalue weighted by Gasteiger charge is 2.19. The number of sulfonamides is 1. The zero-order valence-corrected chi connectivity index (χ0v) is 16.3. The van der Waals surface area contributed by atoms with Crippen LogP contribution in [0.5, 0.6) is 0 Å². The minimum absolute atomic E-state index is 0.219. The number of fused-ring (bicyclic) bond motifs is 1. The van der Waals surface area contributed by atoms with Gasteiger partial charge >= 0.3 is 0 Å². The number of benzene rings is 2. The van der Waals surface area contributed by atoms with Crippen molar-refractivity contribution in [2.24, 2.45) is 0 Å². The monoisotopic (exact) mass is 435 g/mol. The van der Waals surface area contributed by atoms with Crippen LogP contribution in [0.2, 0.25) is 0 Å². The highest BCUT2D eigenvalue weighted by atomic mass is 79.9. The summed E-state index contributed by atoms with van der Waals surface area (Å²) in [6.07, 6.45) is 1.63. The molecule has 1 saturated heterocycles. The van der Waals surface area contributed by atoms with Gasteiger partial charge in [-0.2, -0.15) is 0 Å². The fourth-order valence-electron chi connectivity index (χ4n) is 3.09. The number of anilines is 2. The SMILES string of the molecule is O=S(=O)(Nc1cc(N2CCNCC2)c2occc2c1)c1ccc(Br)cc1. The van der Waals surface area contributed by atoms with Crippen molar-refractivity contribution in [3.05, 3.63) is 53.2 Å². The number of nitrogens with zero attached hydrogens (tertiary/aromatic N) is 1. The lowest BCUT2D eigenvalue weighted by molar-refractivity contribution is 0.579. The summed E-state index contributed by atoms with van der Waals surface area (Å²) in [6.45, 7) is 3.46. The maximum Gasteiger partial charge on any atom is 0.261 e.